The van der Waals surface area contributed by atoms with E-state index in [1.165, 1.54) is 18.2 Å². The molecule has 0 saturated heterocycles. The number of hydrogen-bond donors (Lipinski definition) is 2. The second kappa shape index (κ2) is 4.88. The van der Waals surface area contributed by atoms with Crippen LogP contribution in [-0.2, 0) is 0 Å². The van der Waals surface area contributed by atoms with Crippen LogP contribution in [0.2, 0.25) is 0 Å². The Bertz CT molecular complexity index is 961. The molecule has 3 aromatic rings. The number of rotatable bonds is 3. The Morgan fingerprint density at radius 3 is 2.27 bits per heavy atom. The Labute approximate surface area is 122 Å². The lowest BCUT2D eigenvalue weighted by atomic mass is 10.1. The van der Waals surface area contributed by atoms with Gasteiger partial charge in [-0.2, -0.15) is 0 Å². The van der Waals surface area contributed by atoms with Gasteiger partial charge in [-0.05, 0) is 24.3 Å². The fourth-order valence-electron chi connectivity index (χ4n) is 2.08. The molecule has 1 aromatic carbocycles. The SMILES string of the molecule is O=C(O)c1ccc(-c2oc3ccccc3c(=O)c2C(=O)O)o1. The zero-order chi connectivity index (χ0) is 15.9. The minimum atomic E-state index is -1.48. The Kier molecular flexibility index (Phi) is 3.03. The van der Waals surface area contributed by atoms with Crippen LogP contribution in [-0.4, -0.2) is 22.2 Å². The molecule has 0 spiro atoms. The van der Waals surface area contributed by atoms with Gasteiger partial charge in [0.05, 0.1) is 5.39 Å². The fourth-order valence-corrected chi connectivity index (χ4v) is 2.08. The van der Waals surface area contributed by atoms with Crippen LogP contribution in [0.1, 0.15) is 20.9 Å². The van der Waals surface area contributed by atoms with Gasteiger partial charge in [-0.15, -0.1) is 0 Å². The molecule has 0 amide bonds. The van der Waals surface area contributed by atoms with Gasteiger partial charge in [0.15, 0.2) is 17.1 Å². The van der Waals surface area contributed by atoms with Crippen molar-refractivity contribution in [3.63, 3.8) is 0 Å². The highest BCUT2D eigenvalue weighted by Crippen LogP contribution is 2.27. The Morgan fingerprint density at radius 2 is 1.64 bits per heavy atom. The molecule has 0 aliphatic carbocycles. The highest BCUT2D eigenvalue weighted by atomic mass is 16.4. The molecule has 0 aliphatic rings. The van der Waals surface area contributed by atoms with Gasteiger partial charge in [0.25, 0.3) is 0 Å². The van der Waals surface area contributed by atoms with Gasteiger partial charge in [0.1, 0.15) is 5.58 Å². The summed E-state index contributed by atoms with van der Waals surface area (Å²) in [6.07, 6.45) is 0. The molecule has 7 heteroatoms. The normalized spacial score (nSPS) is 10.7. The third-order valence-electron chi connectivity index (χ3n) is 3.05. The van der Waals surface area contributed by atoms with Gasteiger partial charge in [0, 0.05) is 0 Å². The first-order valence-electron chi connectivity index (χ1n) is 6.11. The lowest BCUT2D eigenvalue weighted by molar-refractivity contribution is 0.0662. The summed E-state index contributed by atoms with van der Waals surface area (Å²) in [6.45, 7) is 0. The summed E-state index contributed by atoms with van der Waals surface area (Å²) in [5.74, 6) is -3.64. The number of furan rings is 1. The average molecular weight is 300 g/mol. The summed E-state index contributed by atoms with van der Waals surface area (Å²) in [5.41, 5.74) is -1.15. The predicted octanol–water partition coefficient (Wildman–Crippen LogP) is 2.45. The maximum atomic E-state index is 12.3. The monoisotopic (exact) mass is 300 g/mol. The van der Waals surface area contributed by atoms with E-state index in [4.69, 9.17) is 13.9 Å². The standard InChI is InChI=1S/C15H8O7/c16-12-7-3-1-2-4-8(7)22-13(11(12)15(19)20)9-5-6-10(21-9)14(17)18/h1-6H,(H,17,18)(H,19,20). The van der Waals surface area contributed by atoms with Crippen molar-refractivity contribution in [2.24, 2.45) is 0 Å². The second-order valence-electron chi connectivity index (χ2n) is 4.41. The summed E-state index contributed by atoms with van der Waals surface area (Å²) >= 11 is 0. The van der Waals surface area contributed by atoms with E-state index in [-0.39, 0.29) is 28.2 Å². The number of benzene rings is 1. The number of carboxylic acids is 2. The van der Waals surface area contributed by atoms with E-state index in [1.54, 1.807) is 12.1 Å². The summed E-state index contributed by atoms with van der Waals surface area (Å²) in [5, 5.41) is 18.2. The van der Waals surface area contributed by atoms with E-state index in [1.807, 2.05) is 0 Å². The van der Waals surface area contributed by atoms with E-state index in [0.29, 0.717) is 0 Å². The molecule has 0 bridgehead atoms. The number of hydrogen-bond acceptors (Lipinski definition) is 5. The first-order valence-corrected chi connectivity index (χ1v) is 6.11. The zero-order valence-corrected chi connectivity index (χ0v) is 10.9. The van der Waals surface area contributed by atoms with E-state index in [0.717, 1.165) is 6.07 Å². The quantitative estimate of drug-likeness (QED) is 0.762. The largest absolute Gasteiger partial charge is 0.477 e. The molecule has 7 nitrogen and oxygen atoms in total. The van der Waals surface area contributed by atoms with Crippen molar-refractivity contribution in [3.8, 4) is 11.5 Å². The van der Waals surface area contributed by atoms with Crippen molar-refractivity contribution in [1.29, 1.82) is 0 Å². The molecule has 0 atom stereocenters. The van der Waals surface area contributed by atoms with Crippen LogP contribution < -0.4 is 5.43 Å². The highest BCUT2D eigenvalue weighted by molar-refractivity contribution is 5.97. The second-order valence-corrected chi connectivity index (χ2v) is 4.41. The molecule has 0 fully saturated rings. The summed E-state index contributed by atoms with van der Waals surface area (Å²) in [6, 6.07) is 8.55. The molecule has 2 N–H and O–H groups in total. The topological polar surface area (TPSA) is 118 Å². The highest BCUT2D eigenvalue weighted by Gasteiger charge is 2.24. The minimum absolute atomic E-state index is 0.119. The predicted molar refractivity (Wildman–Crippen MR) is 74.1 cm³/mol. The molecule has 110 valence electrons. The number of carbonyl (C=O) groups is 2. The van der Waals surface area contributed by atoms with Crippen molar-refractivity contribution in [2.75, 3.05) is 0 Å². The van der Waals surface area contributed by atoms with E-state index in [2.05, 4.69) is 0 Å². The molecule has 0 radical (unpaired) electrons. The van der Waals surface area contributed by atoms with Crippen molar-refractivity contribution in [1.82, 2.24) is 0 Å². The van der Waals surface area contributed by atoms with Crippen molar-refractivity contribution >= 4 is 22.9 Å². The minimum Gasteiger partial charge on any atom is -0.477 e. The summed E-state index contributed by atoms with van der Waals surface area (Å²) in [4.78, 5) is 34.5. The molecule has 0 aliphatic heterocycles. The zero-order valence-electron chi connectivity index (χ0n) is 10.9. The molecule has 3 rings (SSSR count). The maximum Gasteiger partial charge on any atom is 0.371 e. The third kappa shape index (κ3) is 2.05. The van der Waals surface area contributed by atoms with Crippen LogP contribution >= 0.6 is 0 Å². The van der Waals surface area contributed by atoms with E-state index in [9.17, 15) is 19.5 Å². The number of carboxylic acid groups (broad SMARTS) is 2. The third-order valence-corrected chi connectivity index (χ3v) is 3.05. The van der Waals surface area contributed by atoms with Crippen LogP contribution in [0.25, 0.3) is 22.5 Å². The lowest BCUT2D eigenvalue weighted by Crippen LogP contribution is -2.16. The van der Waals surface area contributed by atoms with Gasteiger partial charge >= 0.3 is 11.9 Å². The smallest absolute Gasteiger partial charge is 0.371 e. The number of aromatic carboxylic acids is 2. The van der Waals surface area contributed by atoms with Crippen LogP contribution in [0.4, 0.5) is 0 Å². The molecular formula is C15H8O7. The Balaban J connectivity index is 2.36. The Hall–Kier alpha value is -3.35. The van der Waals surface area contributed by atoms with Gasteiger partial charge in [-0.25, -0.2) is 9.59 Å². The van der Waals surface area contributed by atoms with E-state index >= 15 is 0 Å². The first kappa shape index (κ1) is 13.6. The number of para-hydroxylation sites is 1. The van der Waals surface area contributed by atoms with Crippen LogP contribution in [0.15, 0.2) is 50.0 Å². The van der Waals surface area contributed by atoms with Crippen LogP contribution in [0.5, 0.6) is 0 Å². The average Bonchev–Trinajstić information content (AvgIpc) is 2.96. The van der Waals surface area contributed by atoms with Gasteiger partial charge < -0.3 is 19.0 Å². The molecule has 22 heavy (non-hydrogen) atoms. The molecule has 0 unspecified atom stereocenters. The van der Waals surface area contributed by atoms with Crippen molar-refractivity contribution in [2.45, 2.75) is 0 Å². The van der Waals surface area contributed by atoms with Crippen LogP contribution in [0.3, 0.4) is 0 Å². The van der Waals surface area contributed by atoms with Crippen LogP contribution in [0, 0.1) is 0 Å². The van der Waals surface area contributed by atoms with Crippen molar-refractivity contribution < 1.29 is 28.6 Å². The van der Waals surface area contributed by atoms with Crippen molar-refractivity contribution in [3.05, 3.63) is 57.9 Å². The van der Waals surface area contributed by atoms with Gasteiger partial charge in [-0.1, -0.05) is 12.1 Å². The molecule has 2 aromatic heterocycles. The van der Waals surface area contributed by atoms with E-state index < -0.39 is 22.9 Å². The van der Waals surface area contributed by atoms with Gasteiger partial charge in [0.2, 0.25) is 11.2 Å². The summed E-state index contributed by atoms with van der Waals surface area (Å²) in [7, 11) is 0. The lowest BCUT2D eigenvalue weighted by Gasteiger charge is -2.04. The molecular weight excluding hydrogens is 292 g/mol. The summed E-state index contributed by atoms with van der Waals surface area (Å²) < 4.78 is 10.5. The molecule has 0 saturated carbocycles. The fraction of sp³-hybridized carbons (Fsp3) is 0. The maximum absolute atomic E-state index is 12.3. The first-order chi connectivity index (χ1) is 10.5. The Morgan fingerprint density at radius 1 is 0.909 bits per heavy atom. The van der Waals surface area contributed by atoms with Gasteiger partial charge in [-0.3, -0.25) is 4.79 Å². The number of fused-ring (bicyclic) bond motifs is 1. The molecule has 2 heterocycles.